The summed E-state index contributed by atoms with van der Waals surface area (Å²) in [5.74, 6) is -2.98. The summed E-state index contributed by atoms with van der Waals surface area (Å²) in [5, 5.41) is 9.36. The Kier molecular flexibility index (Phi) is 7.38. The van der Waals surface area contributed by atoms with Crippen LogP contribution in [0.4, 0.5) is 0 Å². The Morgan fingerprint density at radius 3 is 1.87 bits per heavy atom. The molecule has 0 fully saturated rings. The number of carboxylic acids is 1. The van der Waals surface area contributed by atoms with E-state index in [2.05, 4.69) is 0 Å². The number of amides is 1. The molecule has 0 aliphatic rings. The van der Waals surface area contributed by atoms with Crippen LogP contribution in [-0.2, 0) is 9.59 Å². The molecule has 160 valence electrons. The fraction of sp³-hybridized carbons (Fsp3) is 0.286. The number of Topliss-reactive ketones (excluding diaryl/α,β-unsaturated/α-hetero) is 1. The van der Waals surface area contributed by atoms with Crippen molar-refractivity contribution in [1.82, 2.24) is 0 Å². The van der Waals surface area contributed by atoms with E-state index >= 15 is 0 Å². The zero-order valence-electron chi connectivity index (χ0n) is 16.9. The highest BCUT2D eigenvalue weighted by Crippen LogP contribution is 2.41. The average Bonchev–Trinajstić information content (AvgIpc) is 2.75. The van der Waals surface area contributed by atoms with Crippen molar-refractivity contribution in [3.63, 3.8) is 0 Å². The number of carboxylic acid groups (broad SMARTS) is 1. The van der Waals surface area contributed by atoms with E-state index in [1.165, 1.54) is 33.5 Å². The quantitative estimate of drug-likeness (QED) is 0.389. The van der Waals surface area contributed by atoms with Gasteiger partial charge in [0.2, 0.25) is 11.7 Å². The highest BCUT2D eigenvalue weighted by Gasteiger charge is 2.30. The Hall–Kier alpha value is -3.59. The predicted octanol–water partition coefficient (Wildman–Crippen LogP) is 1.47. The lowest BCUT2D eigenvalue weighted by molar-refractivity contribution is -0.140. The normalized spacial score (nSPS) is 12.5. The van der Waals surface area contributed by atoms with Crippen LogP contribution in [0.5, 0.6) is 17.2 Å². The molecule has 0 spiro atoms. The maximum absolute atomic E-state index is 12.6. The van der Waals surface area contributed by atoms with Crippen molar-refractivity contribution < 1.29 is 33.7 Å². The molecule has 0 aliphatic heterocycles. The largest absolute Gasteiger partial charge is 0.493 e. The Labute approximate surface area is 173 Å². The van der Waals surface area contributed by atoms with Crippen LogP contribution in [0.25, 0.3) is 11.1 Å². The van der Waals surface area contributed by atoms with Gasteiger partial charge in [-0.1, -0.05) is 24.3 Å². The van der Waals surface area contributed by atoms with Crippen LogP contribution in [0.2, 0.25) is 0 Å². The number of ether oxygens (including phenoxy) is 3. The molecule has 1 amide bonds. The van der Waals surface area contributed by atoms with Gasteiger partial charge in [-0.15, -0.1) is 0 Å². The number of ketones is 1. The number of rotatable bonds is 10. The van der Waals surface area contributed by atoms with Gasteiger partial charge in [-0.3, -0.25) is 14.4 Å². The van der Waals surface area contributed by atoms with Gasteiger partial charge in [0.25, 0.3) is 0 Å². The molecule has 5 N–H and O–H groups in total. The summed E-state index contributed by atoms with van der Waals surface area (Å²) in [6, 6.07) is 8.63. The third-order valence-electron chi connectivity index (χ3n) is 4.64. The third-order valence-corrected chi connectivity index (χ3v) is 4.64. The first-order valence-electron chi connectivity index (χ1n) is 8.95. The first-order valence-corrected chi connectivity index (χ1v) is 8.95. The van der Waals surface area contributed by atoms with Crippen LogP contribution < -0.4 is 25.7 Å². The van der Waals surface area contributed by atoms with Crippen LogP contribution in [-0.4, -0.2) is 50.1 Å². The minimum atomic E-state index is -1.47. The molecular weight excluding hydrogens is 392 g/mol. The molecule has 9 heteroatoms. The van der Waals surface area contributed by atoms with Crippen molar-refractivity contribution in [2.24, 2.45) is 17.4 Å². The van der Waals surface area contributed by atoms with E-state index < -0.39 is 29.6 Å². The van der Waals surface area contributed by atoms with Crippen molar-refractivity contribution in [2.75, 3.05) is 21.3 Å². The monoisotopic (exact) mass is 416 g/mol. The number of hydrogen-bond acceptors (Lipinski definition) is 7. The average molecular weight is 416 g/mol. The number of aliphatic carboxylic acids is 1. The van der Waals surface area contributed by atoms with Gasteiger partial charge >= 0.3 is 5.97 Å². The number of carbonyl (C=O) groups excluding carboxylic acids is 2. The fourth-order valence-corrected chi connectivity index (χ4v) is 2.97. The van der Waals surface area contributed by atoms with Crippen molar-refractivity contribution in [2.45, 2.75) is 12.5 Å². The SMILES string of the molecule is COc1cc(-c2ccc(C(=O)C(C[C@H](N)C(N)=O)C(=O)O)cc2)cc(OC)c1OC. The molecule has 2 atom stereocenters. The topological polar surface area (TPSA) is 151 Å². The van der Waals surface area contributed by atoms with Crippen LogP contribution in [0.3, 0.4) is 0 Å². The summed E-state index contributed by atoms with van der Waals surface area (Å²) in [6.45, 7) is 0. The summed E-state index contributed by atoms with van der Waals surface area (Å²) in [6.07, 6.45) is -0.377. The zero-order chi connectivity index (χ0) is 22.4. The Morgan fingerprint density at radius 2 is 1.47 bits per heavy atom. The van der Waals surface area contributed by atoms with E-state index in [1.807, 2.05) is 0 Å². The highest BCUT2D eigenvalue weighted by atomic mass is 16.5. The number of benzene rings is 2. The zero-order valence-corrected chi connectivity index (χ0v) is 16.9. The first-order chi connectivity index (χ1) is 14.2. The molecule has 0 radical (unpaired) electrons. The Morgan fingerprint density at radius 1 is 0.933 bits per heavy atom. The number of nitrogens with two attached hydrogens (primary N) is 2. The molecule has 0 bridgehead atoms. The Balaban J connectivity index is 2.35. The van der Waals surface area contributed by atoms with E-state index in [-0.39, 0.29) is 12.0 Å². The number of methoxy groups -OCH3 is 3. The minimum Gasteiger partial charge on any atom is -0.493 e. The summed E-state index contributed by atoms with van der Waals surface area (Å²) >= 11 is 0. The smallest absolute Gasteiger partial charge is 0.314 e. The van der Waals surface area contributed by atoms with Crippen molar-refractivity contribution >= 4 is 17.7 Å². The maximum Gasteiger partial charge on any atom is 0.314 e. The van der Waals surface area contributed by atoms with Gasteiger partial charge in [0.1, 0.15) is 5.92 Å². The lowest BCUT2D eigenvalue weighted by Crippen LogP contribution is -2.41. The highest BCUT2D eigenvalue weighted by molar-refractivity contribution is 6.08. The molecule has 1 unspecified atom stereocenters. The lowest BCUT2D eigenvalue weighted by Gasteiger charge is -2.16. The molecule has 2 aromatic rings. The summed E-state index contributed by atoms with van der Waals surface area (Å²) in [5.41, 5.74) is 12.3. The standard InChI is InChI=1S/C21H24N2O7/c1-28-16-8-13(9-17(29-2)19(16)30-3)11-4-6-12(7-5-11)18(24)14(21(26)27)10-15(22)20(23)25/h4-9,14-15H,10,22H2,1-3H3,(H2,23,25)(H,26,27)/t14?,15-/m0/s1. The van der Waals surface area contributed by atoms with Crippen molar-refractivity contribution in [1.29, 1.82) is 0 Å². The molecule has 0 heterocycles. The first kappa shape index (κ1) is 22.7. The van der Waals surface area contributed by atoms with Gasteiger partial charge in [-0.2, -0.15) is 0 Å². The molecule has 0 aromatic heterocycles. The van der Waals surface area contributed by atoms with Crippen LogP contribution in [0.1, 0.15) is 16.8 Å². The van der Waals surface area contributed by atoms with E-state index in [0.29, 0.717) is 17.2 Å². The Bertz CT molecular complexity index is 916. The van der Waals surface area contributed by atoms with E-state index in [4.69, 9.17) is 25.7 Å². The van der Waals surface area contributed by atoms with Crippen LogP contribution in [0.15, 0.2) is 36.4 Å². The maximum atomic E-state index is 12.6. The van der Waals surface area contributed by atoms with Gasteiger partial charge in [0.05, 0.1) is 27.4 Å². The van der Waals surface area contributed by atoms with Gasteiger partial charge in [-0.25, -0.2) is 0 Å². The molecule has 2 rings (SSSR count). The van der Waals surface area contributed by atoms with Crippen LogP contribution in [0, 0.1) is 5.92 Å². The van der Waals surface area contributed by atoms with Gasteiger partial charge in [-0.05, 0) is 29.7 Å². The summed E-state index contributed by atoms with van der Waals surface area (Å²) in [4.78, 5) is 35.3. The van der Waals surface area contributed by atoms with E-state index in [1.54, 1.807) is 24.3 Å². The molecule has 9 nitrogen and oxygen atoms in total. The van der Waals surface area contributed by atoms with Gasteiger partial charge in [0.15, 0.2) is 17.3 Å². The minimum absolute atomic E-state index is 0.176. The fourth-order valence-electron chi connectivity index (χ4n) is 2.97. The van der Waals surface area contributed by atoms with E-state index in [0.717, 1.165) is 11.1 Å². The molecule has 0 saturated carbocycles. The number of carbonyl (C=O) groups is 3. The van der Waals surface area contributed by atoms with Gasteiger partial charge < -0.3 is 30.8 Å². The van der Waals surface area contributed by atoms with E-state index in [9.17, 15) is 19.5 Å². The van der Waals surface area contributed by atoms with Gasteiger partial charge in [0, 0.05) is 5.56 Å². The second-order valence-corrected chi connectivity index (χ2v) is 6.49. The van der Waals surface area contributed by atoms with Crippen LogP contribution >= 0.6 is 0 Å². The molecule has 2 aromatic carbocycles. The molecular formula is C21H24N2O7. The number of primary amides is 1. The second-order valence-electron chi connectivity index (χ2n) is 6.49. The lowest BCUT2D eigenvalue weighted by atomic mass is 9.90. The number of hydrogen-bond donors (Lipinski definition) is 3. The van der Waals surface area contributed by atoms with Crippen molar-refractivity contribution in [3.05, 3.63) is 42.0 Å². The predicted molar refractivity (Wildman–Crippen MR) is 109 cm³/mol. The summed E-state index contributed by atoms with van der Waals surface area (Å²) in [7, 11) is 4.51. The third kappa shape index (κ3) is 4.87. The second kappa shape index (κ2) is 9.75. The molecule has 0 aliphatic carbocycles. The molecule has 0 saturated heterocycles. The molecule has 30 heavy (non-hydrogen) atoms. The van der Waals surface area contributed by atoms with Crippen molar-refractivity contribution in [3.8, 4) is 28.4 Å². The summed E-state index contributed by atoms with van der Waals surface area (Å²) < 4.78 is 16.0.